The van der Waals surface area contributed by atoms with E-state index in [0.29, 0.717) is 61.1 Å². The van der Waals surface area contributed by atoms with E-state index in [4.69, 9.17) is 24.8 Å². The van der Waals surface area contributed by atoms with Crippen molar-refractivity contribution in [3.8, 4) is 29.1 Å². The summed E-state index contributed by atoms with van der Waals surface area (Å²) in [6, 6.07) is 9.64. The quantitative estimate of drug-likeness (QED) is 0.260. The van der Waals surface area contributed by atoms with Gasteiger partial charge in [0, 0.05) is 17.6 Å². The van der Waals surface area contributed by atoms with Crippen molar-refractivity contribution >= 4 is 22.9 Å². The van der Waals surface area contributed by atoms with Crippen molar-refractivity contribution in [1.82, 2.24) is 30.2 Å². The number of carbonyl (C=O) groups is 1. The van der Waals surface area contributed by atoms with Crippen molar-refractivity contribution in [1.29, 1.82) is 0 Å². The fourth-order valence-corrected chi connectivity index (χ4v) is 3.70. The van der Waals surface area contributed by atoms with Crippen LogP contribution in [-0.4, -0.2) is 49.7 Å². The maximum Gasteiger partial charge on any atom is 0.407 e. The second kappa shape index (κ2) is 11.6. The van der Waals surface area contributed by atoms with E-state index < -0.39 is 6.09 Å². The average Bonchev–Trinajstić information content (AvgIpc) is 3.48. The standard InChI is InChI=1S/C27H31N7O4/c1-5-34-23-20(36-15-9-10-16-37-26(35)31-27(2,3)4)17-29-19(14-13-18-11-7-6-8-12-18)21(23)30-25(34)22-24(28)33-38-32-22/h6-8,11-12,17H,5,9-10,15-16H2,1-4H3,(H2,28,33)(H,31,35). The first-order valence-electron chi connectivity index (χ1n) is 12.4. The number of benzene rings is 1. The molecule has 0 fully saturated rings. The molecule has 198 valence electrons. The molecule has 0 aliphatic heterocycles. The number of aryl methyl sites for hydroxylation is 1. The second-order valence-corrected chi connectivity index (χ2v) is 9.53. The largest absolute Gasteiger partial charge is 0.490 e. The van der Waals surface area contributed by atoms with Gasteiger partial charge in [-0.25, -0.2) is 19.4 Å². The summed E-state index contributed by atoms with van der Waals surface area (Å²) in [7, 11) is 0. The lowest BCUT2D eigenvalue weighted by Crippen LogP contribution is -2.41. The third kappa shape index (κ3) is 6.39. The monoisotopic (exact) mass is 517 g/mol. The summed E-state index contributed by atoms with van der Waals surface area (Å²) in [6.07, 6.45) is 2.53. The maximum atomic E-state index is 11.8. The van der Waals surface area contributed by atoms with Gasteiger partial charge in [0.1, 0.15) is 16.7 Å². The van der Waals surface area contributed by atoms with Crippen molar-refractivity contribution in [3.63, 3.8) is 0 Å². The number of nitrogens with two attached hydrogens (primary N) is 1. The van der Waals surface area contributed by atoms with E-state index >= 15 is 0 Å². The molecule has 4 aromatic rings. The van der Waals surface area contributed by atoms with E-state index in [-0.39, 0.29) is 11.4 Å². The predicted molar refractivity (Wildman–Crippen MR) is 142 cm³/mol. The third-order valence-electron chi connectivity index (χ3n) is 5.38. The first-order chi connectivity index (χ1) is 18.3. The number of amides is 1. The van der Waals surface area contributed by atoms with Gasteiger partial charge in [0.05, 0.1) is 19.4 Å². The van der Waals surface area contributed by atoms with Crippen molar-refractivity contribution in [2.24, 2.45) is 0 Å². The summed E-state index contributed by atoms with van der Waals surface area (Å²) in [5.41, 5.74) is 8.61. The Morgan fingerprint density at radius 2 is 1.89 bits per heavy atom. The van der Waals surface area contributed by atoms with E-state index in [1.807, 2.05) is 62.6 Å². The number of rotatable bonds is 8. The molecule has 0 unspecified atom stereocenters. The Morgan fingerprint density at radius 3 is 2.58 bits per heavy atom. The zero-order valence-corrected chi connectivity index (χ0v) is 21.9. The topological polar surface area (TPSA) is 143 Å². The molecular weight excluding hydrogens is 486 g/mol. The Balaban J connectivity index is 1.56. The second-order valence-electron chi connectivity index (χ2n) is 9.53. The maximum absolute atomic E-state index is 11.8. The number of ether oxygens (including phenoxy) is 2. The van der Waals surface area contributed by atoms with Crippen LogP contribution < -0.4 is 15.8 Å². The number of hydrogen-bond donors (Lipinski definition) is 2. The minimum absolute atomic E-state index is 0.137. The molecule has 1 aromatic carbocycles. The number of nitrogens with zero attached hydrogens (tertiary/aromatic N) is 5. The van der Waals surface area contributed by atoms with Gasteiger partial charge < -0.3 is 25.1 Å². The summed E-state index contributed by atoms with van der Waals surface area (Å²) < 4.78 is 18.1. The summed E-state index contributed by atoms with van der Waals surface area (Å²) in [5, 5.41) is 10.4. The molecule has 11 heteroatoms. The highest BCUT2D eigenvalue weighted by Gasteiger charge is 2.23. The molecule has 11 nitrogen and oxygen atoms in total. The highest BCUT2D eigenvalue weighted by molar-refractivity contribution is 5.89. The average molecular weight is 518 g/mol. The third-order valence-corrected chi connectivity index (χ3v) is 5.38. The van der Waals surface area contributed by atoms with Crippen LogP contribution in [0.4, 0.5) is 10.6 Å². The molecule has 3 heterocycles. The predicted octanol–water partition coefficient (Wildman–Crippen LogP) is 4.17. The SMILES string of the molecule is CCn1c(-c2nonc2N)nc2c(C#Cc3ccccc3)ncc(OCCCCOC(=O)NC(C)(C)C)c21. The van der Waals surface area contributed by atoms with E-state index in [0.717, 1.165) is 11.1 Å². The van der Waals surface area contributed by atoms with E-state index in [1.165, 1.54) is 0 Å². The zero-order chi connectivity index (χ0) is 27.1. The molecule has 0 radical (unpaired) electrons. The number of pyridine rings is 1. The molecule has 0 saturated carbocycles. The molecule has 4 rings (SSSR count). The Labute approximate surface area is 220 Å². The van der Waals surface area contributed by atoms with Crippen LogP contribution in [0.1, 0.15) is 51.8 Å². The number of aromatic nitrogens is 5. The number of carbonyl (C=O) groups excluding carboxylic acids is 1. The van der Waals surface area contributed by atoms with E-state index in [9.17, 15) is 4.79 Å². The summed E-state index contributed by atoms with van der Waals surface area (Å²) >= 11 is 0. The van der Waals surface area contributed by atoms with E-state index in [1.54, 1.807) is 6.20 Å². The van der Waals surface area contributed by atoms with Gasteiger partial charge in [0.15, 0.2) is 23.1 Å². The number of hydrogen-bond acceptors (Lipinski definition) is 9. The van der Waals surface area contributed by atoms with Gasteiger partial charge in [0.25, 0.3) is 0 Å². The first kappa shape index (κ1) is 26.5. The highest BCUT2D eigenvalue weighted by Crippen LogP contribution is 2.33. The van der Waals surface area contributed by atoms with Gasteiger partial charge in [-0.1, -0.05) is 24.1 Å². The van der Waals surface area contributed by atoms with Crippen LogP contribution in [0.5, 0.6) is 5.75 Å². The Morgan fingerprint density at radius 1 is 1.13 bits per heavy atom. The molecule has 3 aromatic heterocycles. The Bertz CT molecular complexity index is 1460. The number of nitrogen functional groups attached to an aromatic ring is 1. The van der Waals surface area contributed by atoms with Crippen LogP contribution in [0.15, 0.2) is 41.2 Å². The molecule has 1 amide bonds. The number of alkyl carbamates (subject to hydrolysis) is 1. The van der Waals surface area contributed by atoms with Gasteiger partial charge in [-0.2, -0.15) is 0 Å². The fourth-order valence-electron chi connectivity index (χ4n) is 3.70. The number of unbranched alkanes of at least 4 members (excludes halogenated alkanes) is 1. The van der Waals surface area contributed by atoms with Crippen LogP contribution in [0, 0.1) is 11.8 Å². The molecule has 38 heavy (non-hydrogen) atoms. The molecule has 0 aliphatic rings. The summed E-state index contributed by atoms with van der Waals surface area (Å²) in [6.45, 7) is 8.92. The first-order valence-corrected chi connectivity index (χ1v) is 12.4. The van der Waals surface area contributed by atoms with Crippen LogP contribution in [0.25, 0.3) is 22.6 Å². The lowest BCUT2D eigenvalue weighted by atomic mass is 10.1. The number of nitrogens with one attached hydrogen (secondary N) is 1. The van der Waals surface area contributed by atoms with Gasteiger partial charge in [0.2, 0.25) is 0 Å². The lowest BCUT2D eigenvalue weighted by molar-refractivity contribution is 0.133. The van der Waals surface area contributed by atoms with E-state index in [2.05, 4.69) is 32.5 Å². The van der Waals surface area contributed by atoms with Crippen LogP contribution in [0.3, 0.4) is 0 Å². The van der Waals surface area contributed by atoms with Crippen molar-refractivity contribution < 1.29 is 18.9 Å². The molecule has 0 aliphatic carbocycles. The van der Waals surface area contributed by atoms with Crippen molar-refractivity contribution in [2.45, 2.75) is 52.6 Å². The minimum atomic E-state index is -0.433. The van der Waals surface area contributed by atoms with Gasteiger partial charge in [-0.15, -0.1) is 0 Å². The number of anilines is 1. The Hall–Kier alpha value is -4.59. The lowest BCUT2D eigenvalue weighted by Gasteiger charge is -2.19. The van der Waals surface area contributed by atoms with Crippen LogP contribution in [-0.2, 0) is 11.3 Å². The summed E-state index contributed by atoms with van der Waals surface area (Å²) in [4.78, 5) is 21.1. The van der Waals surface area contributed by atoms with Crippen molar-refractivity contribution in [2.75, 3.05) is 18.9 Å². The van der Waals surface area contributed by atoms with Crippen molar-refractivity contribution in [3.05, 3.63) is 47.8 Å². The highest BCUT2D eigenvalue weighted by atomic mass is 16.6. The normalized spacial score (nSPS) is 11.2. The van der Waals surface area contributed by atoms with Gasteiger partial charge in [-0.05, 0) is 68.9 Å². The summed E-state index contributed by atoms with van der Waals surface area (Å²) in [5.74, 6) is 7.43. The zero-order valence-electron chi connectivity index (χ0n) is 21.9. The van der Waals surface area contributed by atoms with Gasteiger partial charge in [-0.3, -0.25) is 0 Å². The number of fused-ring (bicyclic) bond motifs is 1. The number of imidazole rings is 1. The molecular formula is C27H31N7O4. The molecule has 0 bridgehead atoms. The van der Waals surface area contributed by atoms with Crippen LogP contribution >= 0.6 is 0 Å². The molecule has 3 N–H and O–H groups in total. The van der Waals surface area contributed by atoms with Crippen LogP contribution in [0.2, 0.25) is 0 Å². The molecule has 0 spiro atoms. The fraction of sp³-hybridized carbons (Fsp3) is 0.370. The molecule has 0 atom stereocenters. The smallest absolute Gasteiger partial charge is 0.407 e. The Kier molecular flexibility index (Phi) is 8.11. The minimum Gasteiger partial charge on any atom is -0.490 e. The van der Waals surface area contributed by atoms with Gasteiger partial charge >= 0.3 is 6.09 Å². The molecule has 0 saturated heterocycles.